The number of para-hydroxylation sites is 4. The van der Waals surface area contributed by atoms with Gasteiger partial charge >= 0.3 is 11.9 Å². The Morgan fingerprint density at radius 1 is 0.667 bits per heavy atom. The van der Waals surface area contributed by atoms with Gasteiger partial charge in [-0.15, -0.1) is 0 Å². The van der Waals surface area contributed by atoms with Gasteiger partial charge in [0.1, 0.15) is 17.5 Å². The van der Waals surface area contributed by atoms with Crippen LogP contribution in [0, 0.1) is 0 Å². The lowest BCUT2D eigenvalue weighted by atomic mass is 9.99. The van der Waals surface area contributed by atoms with Gasteiger partial charge in [-0.1, -0.05) is 83.9 Å². The number of carboxylic acid groups (broad SMARTS) is 2. The fourth-order valence-corrected chi connectivity index (χ4v) is 6.61. The first-order chi connectivity index (χ1) is 24.7. The summed E-state index contributed by atoms with van der Waals surface area (Å²) >= 11 is 12.4. The molecule has 0 radical (unpaired) electrons. The van der Waals surface area contributed by atoms with Crippen molar-refractivity contribution in [2.24, 2.45) is 0 Å². The van der Waals surface area contributed by atoms with Crippen LogP contribution in [0.1, 0.15) is 62.6 Å². The van der Waals surface area contributed by atoms with Gasteiger partial charge in [0.25, 0.3) is 0 Å². The Morgan fingerprint density at radius 3 is 1.98 bits per heavy atom. The maximum Gasteiger partial charge on any atom is 0.326 e. The minimum absolute atomic E-state index is 0.0499. The zero-order valence-corrected chi connectivity index (χ0v) is 30.2. The molecule has 0 saturated carbocycles. The molecule has 2 N–H and O–H groups in total. The van der Waals surface area contributed by atoms with Gasteiger partial charge in [0.2, 0.25) is 0 Å². The van der Waals surface area contributed by atoms with E-state index in [0.29, 0.717) is 48.5 Å². The minimum Gasteiger partial charge on any atom is -0.493 e. The smallest absolute Gasteiger partial charge is 0.326 e. The van der Waals surface area contributed by atoms with E-state index in [1.165, 1.54) is 0 Å². The first-order valence-electron chi connectivity index (χ1n) is 17.3. The van der Waals surface area contributed by atoms with Crippen LogP contribution in [0.3, 0.4) is 0 Å². The van der Waals surface area contributed by atoms with Gasteiger partial charge in [-0.2, -0.15) is 0 Å². The number of benzene rings is 4. The van der Waals surface area contributed by atoms with Crippen LogP contribution >= 0.6 is 23.2 Å². The molecule has 1 atom stereocenters. The van der Waals surface area contributed by atoms with Crippen molar-refractivity contribution < 1.29 is 34.0 Å². The van der Waals surface area contributed by atoms with Crippen LogP contribution in [0.2, 0.25) is 10.0 Å². The number of nitrogens with zero attached hydrogens (tertiary/aromatic N) is 1. The number of aryl methyl sites for hydroxylation is 2. The highest BCUT2D eigenvalue weighted by molar-refractivity contribution is 6.37. The van der Waals surface area contributed by atoms with Crippen LogP contribution in [-0.2, 0) is 22.4 Å². The number of aliphatic carboxylic acids is 2. The molecule has 0 amide bonds. The van der Waals surface area contributed by atoms with Gasteiger partial charge in [0, 0.05) is 29.1 Å². The number of carbonyl (C=O) groups is 2. The van der Waals surface area contributed by atoms with Gasteiger partial charge < -0.3 is 29.0 Å². The van der Waals surface area contributed by atoms with Crippen LogP contribution in [0.15, 0.2) is 91.1 Å². The standard InChI is InChI=1S/C41H43Cl2NO7/c1-28(41(47)48)44-27-30(15-10-23-38(45)46)31-17-11-18-33(39(31)44)32-16-3-5-22-37(32)50-24-7-6-14-29-13-2-4-21-36(29)49-25-8-9-26-51-40-34(42)19-12-20-35(40)43/h2-5,11-13,16-22,27-28H,6-10,14-15,23-26H2,1H3,(H,45,46)(H,47,48). The highest BCUT2D eigenvalue weighted by Crippen LogP contribution is 2.39. The Balaban J connectivity index is 1.17. The lowest BCUT2D eigenvalue weighted by Crippen LogP contribution is -2.15. The molecule has 4 aromatic carbocycles. The van der Waals surface area contributed by atoms with Crippen molar-refractivity contribution in [3.05, 3.63) is 112 Å². The van der Waals surface area contributed by atoms with Crippen molar-refractivity contribution in [2.75, 3.05) is 19.8 Å². The zero-order chi connectivity index (χ0) is 36.2. The summed E-state index contributed by atoms with van der Waals surface area (Å²) in [6.07, 6.45) is 7.11. The summed E-state index contributed by atoms with van der Waals surface area (Å²) in [6, 6.07) is 26.3. The molecule has 0 aliphatic carbocycles. The zero-order valence-electron chi connectivity index (χ0n) is 28.7. The highest BCUT2D eigenvalue weighted by atomic mass is 35.5. The number of rotatable bonds is 20. The Morgan fingerprint density at radius 2 is 1.25 bits per heavy atom. The van der Waals surface area contributed by atoms with E-state index in [1.54, 1.807) is 29.7 Å². The fourth-order valence-electron chi connectivity index (χ4n) is 6.10. The predicted molar refractivity (Wildman–Crippen MR) is 202 cm³/mol. The average Bonchev–Trinajstić information content (AvgIpc) is 3.49. The largest absolute Gasteiger partial charge is 0.493 e. The van der Waals surface area contributed by atoms with Gasteiger partial charge in [0.05, 0.1) is 35.4 Å². The summed E-state index contributed by atoms with van der Waals surface area (Å²) in [4.78, 5) is 23.3. The van der Waals surface area contributed by atoms with Crippen molar-refractivity contribution in [3.8, 4) is 28.4 Å². The summed E-state index contributed by atoms with van der Waals surface area (Å²) in [5.74, 6) is 0.320. The molecule has 0 bridgehead atoms. The molecule has 0 aliphatic rings. The number of hydrogen-bond acceptors (Lipinski definition) is 5. The summed E-state index contributed by atoms with van der Waals surface area (Å²) < 4.78 is 20.0. The van der Waals surface area contributed by atoms with Gasteiger partial charge in [-0.25, -0.2) is 4.79 Å². The monoisotopic (exact) mass is 731 g/mol. The molecule has 0 fully saturated rings. The third-order valence-electron chi connectivity index (χ3n) is 8.76. The molecule has 0 spiro atoms. The fraction of sp³-hybridized carbons (Fsp3) is 0.317. The Bertz CT molecular complexity index is 1920. The maximum atomic E-state index is 12.1. The molecule has 0 saturated heterocycles. The van der Waals surface area contributed by atoms with Crippen LogP contribution in [0.25, 0.3) is 22.0 Å². The lowest BCUT2D eigenvalue weighted by Gasteiger charge is -2.16. The van der Waals surface area contributed by atoms with Gasteiger partial charge in [-0.05, 0) is 87.3 Å². The van der Waals surface area contributed by atoms with Crippen LogP contribution in [-0.4, -0.2) is 46.5 Å². The normalized spacial score (nSPS) is 11.7. The molecular weight excluding hydrogens is 689 g/mol. The Hall–Kier alpha value is -4.66. The highest BCUT2D eigenvalue weighted by Gasteiger charge is 2.22. The van der Waals surface area contributed by atoms with Gasteiger partial charge in [-0.3, -0.25) is 4.79 Å². The number of hydrogen-bond donors (Lipinski definition) is 2. The van der Waals surface area contributed by atoms with Crippen molar-refractivity contribution in [1.82, 2.24) is 4.57 Å². The number of fused-ring (bicyclic) bond motifs is 1. The van der Waals surface area contributed by atoms with Crippen LogP contribution in [0.4, 0.5) is 0 Å². The van der Waals surface area contributed by atoms with E-state index in [-0.39, 0.29) is 6.42 Å². The summed E-state index contributed by atoms with van der Waals surface area (Å²) in [5.41, 5.74) is 4.61. The van der Waals surface area contributed by atoms with E-state index < -0.39 is 18.0 Å². The second kappa shape index (κ2) is 18.5. The molecule has 5 rings (SSSR count). The molecular formula is C41H43Cl2NO7. The Kier molecular flexibility index (Phi) is 13.7. The average molecular weight is 733 g/mol. The van der Waals surface area contributed by atoms with Crippen LogP contribution < -0.4 is 14.2 Å². The second-order valence-corrected chi connectivity index (χ2v) is 13.2. The SMILES string of the molecule is CC(C(=O)O)n1cc(CCCC(=O)O)c2cccc(-c3ccccc3OCCCCc3ccccc3OCCCCOc3c(Cl)cccc3Cl)c21. The number of unbranched alkanes of at least 4 members (excludes halogenated alkanes) is 2. The van der Waals surface area contributed by atoms with Crippen molar-refractivity contribution in [1.29, 1.82) is 0 Å². The first kappa shape index (κ1) is 37.6. The number of halogens is 2. The van der Waals surface area contributed by atoms with Crippen molar-refractivity contribution in [2.45, 2.75) is 64.3 Å². The maximum absolute atomic E-state index is 12.1. The second-order valence-electron chi connectivity index (χ2n) is 12.4. The van der Waals surface area contributed by atoms with E-state index in [9.17, 15) is 14.7 Å². The molecule has 10 heteroatoms. The molecule has 1 unspecified atom stereocenters. The molecule has 0 aliphatic heterocycles. The molecule has 5 aromatic rings. The topological polar surface area (TPSA) is 107 Å². The third kappa shape index (κ3) is 9.99. The molecule has 268 valence electrons. The third-order valence-corrected chi connectivity index (χ3v) is 9.35. The lowest BCUT2D eigenvalue weighted by molar-refractivity contribution is -0.140. The summed E-state index contributed by atoms with van der Waals surface area (Å²) in [6.45, 7) is 3.23. The molecule has 8 nitrogen and oxygen atoms in total. The molecule has 1 aromatic heterocycles. The summed E-state index contributed by atoms with van der Waals surface area (Å²) in [5, 5.41) is 21.0. The van der Waals surface area contributed by atoms with Crippen molar-refractivity contribution in [3.63, 3.8) is 0 Å². The number of ether oxygens (including phenoxy) is 3. The molecule has 1 heterocycles. The Labute approximate surface area is 308 Å². The number of aromatic nitrogens is 1. The molecule has 51 heavy (non-hydrogen) atoms. The van der Waals surface area contributed by atoms with E-state index in [2.05, 4.69) is 6.07 Å². The van der Waals surface area contributed by atoms with E-state index in [0.717, 1.165) is 76.8 Å². The van der Waals surface area contributed by atoms with Gasteiger partial charge in [0.15, 0.2) is 5.75 Å². The first-order valence-corrected chi connectivity index (χ1v) is 18.1. The van der Waals surface area contributed by atoms with E-state index >= 15 is 0 Å². The minimum atomic E-state index is -0.944. The quantitative estimate of drug-likeness (QED) is 0.0767. The van der Waals surface area contributed by atoms with E-state index in [1.807, 2.05) is 66.9 Å². The predicted octanol–water partition coefficient (Wildman–Crippen LogP) is 10.3. The van der Waals surface area contributed by atoms with E-state index in [4.69, 9.17) is 42.5 Å². The number of carboxylic acids is 2. The van der Waals surface area contributed by atoms with Crippen LogP contribution in [0.5, 0.6) is 17.2 Å². The summed E-state index contributed by atoms with van der Waals surface area (Å²) in [7, 11) is 0. The van der Waals surface area contributed by atoms with Crippen molar-refractivity contribution >= 4 is 46.0 Å².